The van der Waals surface area contributed by atoms with Crippen molar-refractivity contribution in [3.8, 4) is 11.3 Å². The molecule has 0 saturated carbocycles. The predicted molar refractivity (Wildman–Crippen MR) is 70.9 cm³/mol. The first-order chi connectivity index (χ1) is 8.13. The maximum absolute atomic E-state index is 4.45. The summed E-state index contributed by atoms with van der Waals surface area (Å²) in [5, 5.41) is 3.17. The molecule has 0 aliphatic heterocycles. The number of hydrogen-bond donors (Lipinski definition) is 1. The van der Waals surface area contributed by atoms with Crippen molar-refractivity contribution in [1.29, 1.82) is 0 Å². The van der Waals surface area contributed by atoms with E-state index in [2.05, 4.69) is 46.9 Å². The summed E-state index contributed by atoms with van der Waals surface area (Å²) in [6.07, 6.45) is 1.88. The van der Waals surface area contributed by atoms with Crippen LogP contribution in [-0.2, 0) is 13.6 Å². The Hall–Kier alpha value is -1.61. The molecule has 0 radical (unpaired) electrons. The Bertz CT molecular complexity index is 526. The second-order valence-corrected chi connectivity index (χ2v) is 4.50. The van der Waals surface area contributed by atoms with Gasteiger partial charge in [0, 0.05) is 19.2 Å². The Kier molecular flexibility index (Phi) is 3.29. The Morgan fingerprint density at radius 2 is 2.06 bits per heavy atom. The van der Waals surface area contributed by atoms with Gasteiger partial charge in [0.05, 0.1) is 17.7 Å². The Balaban J connectivity index is 2.58. The third-order valence-electron chi connectivity index (χ3n) is 3.01. The summed E-state index contributed by atoms with van der Waals surface area (Å²) in [7, 11) is 3.99. The number of rotatable bonds is 3. The first kappa shape index (κ1) is 11.9. The van der Waals surface area contributed by atoms with Crippen LogP contribution in [0.5, 0.6) is 0 Å². The monoisotopic (exact) mass is 229 g/mol. The lowest BCUT2D eigenvalue weighted by atomic mass is 10.0. The molecule has 3 heteroatoms. The van der Waals surface area contributed by atoms with Crippen LogP contribution in [0.3, 0.4) is 0 Å². The molecule has 17 heavy (non-hydrogen) atoms. The summed E-state index contributed by atoms with van der Waals surface area (Å²) in [5.41, 5.74) is 6.15. The molecule has 0 saturated heterocycles. The van der Waals surface area contributed by atoms with Crippen LogP contribution in [0.1, 0.15) is 16.8 Å². The van der Waals surface area contributed by atoms with Crippen molar-refractivity contribution in [3.05, 3.63) is 41.3 Å². The molecule has 0 aliphatic carbocycles. The van der Waals surface area contributed by atoms with Crippen molar-refractivity contribution < 1.29 is 0 Å². The minimum atomic E-state index is 0.795. The highest BCUT2D eigenvalue weighted by Gasteiger charge is 2.12. The SMILES string of the molecule is CNCc1ncn(C)c1-c1cc(C)ccc1C. The summed E-state index contributed by atoms with van der Waals surface area (Å²) in [6, 6.07) is 6.54. The maximum Gasteiger partial charge on any atom is 0.0952 e. The topological polar surface area (TPSA) is 29.9 Å². The van der Waals surface area contributed by atoms with Crippen molar-refractivity contribution >= 4 is 0 Å². The van der Waals surface area contributed by atoms with Gasteiger partial charge >= 0.3 is 0 Å². The van der Waals surface area contributed by atoms with E-state index in [0.29, 0.717) is 0 Å². The first-order valence-electron chi connectivity index (χ1n) is 5.86. The Morgan fingerprint density at radius 3 is 2.76 bits per heavy atom. The molecule has 2 aromatic rings. The highest BCUT2D eigenvalue weighted by atomic mass is 15.0. The highest BCUT2D eigenvalue weighted by molar-refractivity contribution is 5.67. The van der Waals surface area contributed by atoms with Crippen molar-refractivity contribution in [1.82, 2.24) is 14.9 Å². The second-order valence-electron chi connectivity index (χ2n) is 4.50. The van der Waals surface area contributed by atoms with Crippen molar-refractivity contribution in [2.45, 2.75) is 20.4 Å². The standard InChI is InChI=1S/C14H19N3/c1-10-5-6-11(2)12(7-10)14-13(8-15-3)16-9-17(14)4/h5-7,9,15H,8H2,1-4H3. The molecule has 0 bridgehead atoms. The fraction of sp³-hybridized carbons (Fsp3) is 0.357. The van der Waals surface area contributed by atoms with E-state index in [-0.39, 0.29) is 0 Å². The zero-order valence-corrected chi connectivity index (χ0v) is 10.9. The molecule has 3 nitrogen and oxygen atoms in total. The van der Waals surface area contributed by atoms with E-state index in [1.807, 2.05) is 20.4 Å². The van der Waals surface area contributed by atoms with Crippen LogP contribution in [0, 0.1) is 13.8 Å². The Morgan fingerprint density at radius 1 is 1.29 bits per heavy atom. The summed E-state index contributed by atoms with van der Waals surface area (Å²) >= 11 is 0. The Labute approximate surface area is 103 Å². The molecule has 0 spiro atoms. The zero-order valence-electron chi connectivity index (χ0n) is 10.9. The van der Waals surface area contributed by atoms with Crippen LogP contribution in [0.25, 0.3) is 11.3 Å². The molecule has 0 fully saturated rings. The van der Waals surface area contributed by atoms with Gasteiger partial charge in [0.25, 0.3) is 0 Å². The molecule has 1 aromatic carbocycles. The number of aryl methyl sites for hydroxylation is 3. The summed E-state index contributed by atoms with van der Waals surface area (Å²) in [5.74, 6) is 0. The van der Waals surface area contributed by atoms with Crippen LogP contribution < -0.4 is 5.32 Å². The van der Waals surface area contributed by atoms with Gasteiger partial charge in [-0.25, -0.2) is 4.98 Å². The van der Waals surface area contributed by atoms with Crippen LogP contribution in [0.2, 0.25) is 0 Å². The van der Waals surface area contributed by atoms with E-state index in [9.17, 15) is 0 Å². The third-order valence-corrected chi connectivity index (χ3v) is 3.01. The first-order valence-corrected chi connectivity index (χ1v) is 5.86. The molecule has 1 aromatic heterocycles. The largest absolute Gasteiger partial charge is 0.333 e. The number of imidazole rings is 1. The highest BCUT2D eigenvalue weighted by Crippen LogP contribution is 2.26. The number of nitrogens with one attached hydrogen (secondary N) is 1. The van der Waals surface area contributed by atoms with E-state index in [1.165, 1.54) is 22.4 Å². The average Bonchev–Trinajstić information content (AvgIpc) is 2.64. The molecule has 0 atom stereocenters. The van der Waals surface area contributed by atoms with Gasteiger partial charge in [0.2, 0.25) is 0 Å². The van der Waals surface area contributed by atoms with Gasteiger partial charge in [-0.2, -0.15) is 0 Å². The van der Waals surface area contributed by atoms with Gasteiger partial charge in [0.15, 0.2) is 0 Å². The van der Waals surface area contributed by atoms with Crippen LogP contribution in [0.15, 0.2) is 24.5 Å². The zero-order chi connectivity index (χ0) is 12.4. The van der Waals surface area contributed by atoms with Crippen molar-refractivity contribution in [2.24, 2.45) is 7.05 Å². The number of aromatic nitrogens is 2. The maximum atomic E-state index is 4.45. The van der Waals surface area contributed by atoms with Crippen molar-refractivity contribution in [2.75, 3.05) is 7.05 Å². The van der Waals surface area contributed by atoms with E-state index in [4.69, 9.17) is 0 Å². The summed E-state index contributed by atoms with van der Waals surface area (Å²) in [4.78, 5) is 4.45. The molecule has 90 valence electrons. The minimum absolute atomic E-state index is 0.795. The summed E-state index contributed by atoms with van der Waals surface area (Å²) < 4.78 is 2.09. The van der Waals surface area contributed by atoms with Gasteiger partial charge < -0.3 is 9.88 Å². The number of benzene rings is 1. The molecule has 1 heterocycles. The van der Waals surface area contributed by atoms with Gasteiger partial charge in [-0.05, 0) is 32.5 Å². The summed E-state index contributed by atoms with van der Waals surface area (Å²) in [6.45, 7) is 5.06. The van der Waals surface area contributed by atoms with E-state index >= 15 is 0 Å². The molecule has 0 unspecified atom stereocenters. The van der Waals surface area contributed by atoms with Crippen LogP contribution in [-0.4, -0.2) is 16.6 Å². The van der Waals surface area contributed by atoms with Crippen molar-refractivity contribution in [3.63, 3.8) is 0 Å². The van der Waals surface area contributed by atoms with Gasteiger partial charge in [-0.1, -0.05) is 17.7 Å². The van der Waals surface area contributed by atoms with E-state index in [0.717, 1.165) is 12.2 Å². The molecule has 1 N–H and O–H groups in total. The molecule has 0 aliphatic rings. The quantitative estimate of drug-likeness (QED) is 0.876. The minimum Gasteiger partial charge on any atom is -0.333 e. The molecular weight excluding hydrogens is 210 g/mol. The average molecular weight is 229 g/mol. The lowest BCUT2D eigenvalue weighted by molar-refractivity contribution is 0.797. The lowest BCUT2D eigenvalue weighted by Gasteiger charge is -2.10. The molecule has 0 amide bonds. The van der Waals surface area contributed by atoms with E-state index < -0.39 is 0 Å². The van der Waals surface area contributed by atoms with Gasteiger partial charge in [-0.15, -0.1) is 0 Å². The number of hydrogen-bond acceptors (Lipinski definition) is 2. The fourth-order valence-corrected chi connectivity index (χ4v) is 2.11. The second kappa shape index (κ2) is 4.72. The normalized spacial score (nSPS) is 10.8. The van der Waals surface area contributed by atoms with Gasteiger partial charge in [-0.3, -0.25) is 0 Å². The smallest absolute Gasteiger partial charge is 0.0952 e. The lowest BCUT2D eigenvalue weighted by Crippen LogP contribution is -2.07. The fourth-order valence-electron chi connectivity index (χ4n) is 2.11. The van der Waals surface area contributed by atoms with E-state index in [1.54, 1.807) is 0 Å². The molecular formula is C14H19N3. The molecule has 2 rings (SSSR count). The predicted octanol–water partition coefficient (Wildman–Crippen LogP) is 2.42. The van der Waals surface area contributed by atoms with Gasteiger partial charge in [0.1, 0.15) is 0 Å². The number of nitrogens with zero attached hydrogens (tertiary/aromatic N) is 2. The third kappa shape index (κ3) is 2.24. The van der Waals surface area contributed by atoms with Crippen LogP contribution >= 0.6 is 0 Å². The van der Waals surface area contributed by atoms with Crippen LogP contribution in [0.4, 0.5) is 0 Å².